The quantitative estimate of drug-likeness (QED) is 0.364. The lowest BCUT2D eigenvalue weighted by Crippen LogP contribution is -2.42. The van der Waals surface area contributed by atoms with Gasteiger partial charge in [0.2, 0.25) is 15.9 Å². The van der Waals surface area contributed by atoms with E-state index in [4.69, 9.17) is 9.47 Å². The highest BCUT2D eigenvalue weighted by molar-refractivity contribution is 7.90. The van der Waals surface area contributed by atoms with Gasteiger partial charge in [0.05, 0.1) is 11.9 Å². The molecule has 1 aromatic rings. The molecule has 0 aliphatic carbocycles. The van der Waals surface area contributed by atoms with Gasteiger partial charge in [0.25, 0.3) is 5.91 Å². The zero-order chi connectivity index (χ0) is 29.2. The van der Waals surface area contributed by atoms with Gasteiger partial charge < -0.3 is 14.4 Å². The molecule has 0 spiro atoms. The van der Waals surface area contributed by atoms with Gasteiger partial charge in [-0.15, -0.1) is 0 Å². The number of piperidine rings is 1. The first-order valence-electron chi connectivity index (χ1n) is 13.8. The number of amides is 3. The largest absolute Gasteiger partial charge is 0.494 e. The van der Waals surface area contributed by atoms with Gasteiger partial charge in [-0.25, -0.2) is 17.9 Å². The molecule has 10 nitrogen and oxygen atoms in total. The molecule has 0 bridgehead atoms. The number of nitrogens with zero attached hydrogens (tertiary/aromatic N) is 1. The molecule has 2 unspecified atom stereocenters. The Morgan fingerprint density at radius 1 is 1.13 bits per heavy atom. The maximum atomic E-state index is 12.5. The van der Waals surface area contributed by atoms with Crippen LogP contribution in [0.25, 0.3) is 0 Å². The van der Waals surface area contributed by atoms with E-state index in [1.807, 2.05) is 20.8 Å². The third-order valence-corrected chi connectivity index (χ3v) is 8.65. The van der Waals surface area contributed by atoms with Crippen LogP contribution >= 0.6 is 0 Å². The predicted molar refractivity (Wildman–Crippen MR) is 150 cm³/mol. The van der Waals surface area contributed by atoms with Gasteiger partial charge in [0, 0.05) is 31.1 Å². The van der Waals surface area contributed by atoms with Crippen molar-refractivity contribution < 1.29 is 32.3 Å². The Morgan fingerprint density at radius 3 is 2.41 bits per heavy atom. The SMILES string of the molecule is CC[C@H](C)S(=O)(=O)NCC(C)C(=O)NC(=O)c1ccc(OCCCC2CCCN(C(=O)OC(C)(C)C)C2)cc1. The zero-order valence-corrected chi connectivity index (χ0v) is 24.9. The average Bonchev–Trinajstić information content (AvgIpc) is 2.88. The van der Waals surface area contributed by atoms with E-state index in [2.05, 4.69) is 10.0 Å². The predicted octanol–water partition coefficient (Wildman–Crippen LogP) is 4.10. The van der Waals surface area contributed by atoms with Gasteiger partial charge in [-0.1, -0.05) is 13.8 Å². The highest BCUT2D eigenvalue weighted by atomic mass is 32.2. The molecule has 1 saturated heterocycles. The molecule has 220 valence electrons. The Morgan fingerprint density at radius 2 is 1.79 bits per heavy atom. The lowest BCUT2D eigenvalue weighted by Gasteiger charge is -2.34. The number of carbonyl (C=O) groups is 3. The van der Waals surface area contributed by atoms with Crippen molar-refractivity contribution in [2.24, 2.45) is 11.8 Å². The molecule has 1 aliphatic rings. The maximum absolute atomic E-state index is 12.5. The lowest BCUT2D eigenvalue weighted by atomic mass is 9.94. The van der Waals surface area contributed by atoms with E-state index in [0.29, 0.717) is 36.8 Å². The number of imide groups is 1. The molecule has 0 radical (unpaired) electrons. The van der Waals surface area contributed by atoms with Crippen LogP contribution in [0.4, 0.5) is 4.79 Å². The molecule has 3 amide bonds. The van der Waals surface area contributed by atoms with Gasteiger partial charge >= 0.3 is 6.09 Å². The van der Waals surface area contributed by atoms with Crippen molar-refractivity contribution in [2.45, 2.75) is 84.5 Å². The molecule has 11 heteroatoms. The topological polar surface area (TPSA) is 131 Å². The van der Waals surface area contributed by atoms with Crippen LogP contribution in [0, 0.1) is 11.8 Å². The van der Waals surface area contributed by atoms with Crippen molar-refractivity contribution >= 4 is 27.9 Å². The summed E-state index contributed by atoms with van der Waals surface area (Å²) in [5, 5.41) is 1.76. The molecule has 1 aliphatic heterocycles. The fourth-order valence-electron chi connectivity index (χ4n) is 4.06. The number of nitrogens with one attached hydrogen (secondary N) is 2. The zero-order valence-electron chi connectivity index (χ0n) is 24.1. The molecule has 2 rings (SSSR count). The molecule has 1 fully saturated rings. The first-order chi connectivity index (χ1) is 18.2. The van der Waals surface area contributed by atoms with Crippen LogP contribution in [0.2, 0.25) is 0 Å². The third-order valence-electron chi connectivity index (χ3n) is 6.69. The Balaban J connectivity index is 1.73. The number of hydrogen-bond donors (Lipinski definition) is 2. The summed E-state index contributed by atoms with van der Waals surface area (Å²) in [6, 6.07) is 6.50. The highest BCUT2D eigenvalue weighted by Crippen LogP contribution is 2.23. The van der Waals surface area contributed by atoms with Crippen molar-refractivity contribution in [1.82, 2.24) is 14.9 Å². The minimum absolute atomic E-state index is 0.0849. The Kier molecular flexibility index (Phi) is 12.2. The van der Waals surface area contributed by atoms with Crippen LogP contribution in [0.1, 0.15) is 84.0 Å². The first kappa shape index (κ1) is 32.6. The molecule has 2 N–H and O–H groups in total. The van der Waals surface area contributed by atoms with Crippen molar-refractivity contribution in [2.75, 3.05) is 26.2 Å². The second-order valence-corrected chi connectivity index (χ2v) is 13.5. The van der Waals surface area contributed by atoms with E-state index in [-0.39, 0.29) is 12.6 Å². The average molecular weight is 568 g/mol. The molecule has 0 aromatic heterocycles. The second-order valence-electron chi connectivity index (χ2n) is 11.3. The highest BCUT2D eigenvalue weighted by Gasteiger charge is 2.27. The number of likely N-dealkylation sites (tertiary alicyclic amines) is 1. The van der Waals surface area contributed by atoms with Crippen molar-refractivity contribution in [3.05, 3.63) is 29.8 Å². The molecule has 3 atom stereocenters. The summed E-state index contributed by atoms with van der Waals surface area (Å²) in [4.78, 5) is 39.0. The number of benzene rings is 1. The number of carbonyl (C=O) groups excluding carboxylic acids is 3. The maximum Gasteiger partial charge on any atom is 0.410 e. The van der Waals surface area contributed by atoms with E-state index in [9.17, 15) is 22.8 Å². The first-order valence-corrected chi connectivity index (χ1v) is 15.3. The molecule has 0 saturated carbocycles. The Bertz CT molecular complexity index is 1070. The van der Waals surface area contributed by atoms with Crippen LogP contribution in [0.15, 0.2) is 24.3 Å². The molecular weight excluding hydrogens is 522 g/mol. The summed E-state index contributed by atoms with van der Waals surface area (Å²) >= 11 is 0. The van der Waals surface area contributed by atoms with E-state index in [0.717, 1.165) is 32.2 Å². The monoisotopic (exact) mass is 567 g/mol. The van der Waals surface area contributed by atoms with Gasteiger partial charge in [-0.05, 0) is 90.0 Å². The van der Waals surface area contributed by atoms with Crippen molar-refractivity contribution in [1.29, 1.82) is 0 Å². The van der Waals surface area contributed by atoms with Crippen LogP contribution in [-0.2, 0) is 19.6 Å². The number of rotatable bonds is 12. The van der Waals surface area contributed by atoms with Crippen LogP contribution < -0.4 is 14.8 Å². The van der Waals surface area contributed by atoms with Crippen molar-refractivity contribution in [3.8, 4) is 5.75 Å². The van der Waals surface area contributed by atoms with Crippen LogP contribution in [0.3, 0.4) is 0 Å². The van der Waals surface area contributed by atoms with E-state index >= 15 is 0 Å². The Labute approximate surface area is 233 Å². The third kappa shape index (κ3) is 11.2. The van der Waals surface area contributed by atoms with E-state index < -0.39 is 38.6 Å². The van der Waals surface area contributed by atoms with E-state index in [1.54, 1.807) is 49.9 Å². The van der Waals surface area contributed by atoms with E-state index in [1.165, 1.54) is 0 Å². The number of sulfonamides is 1. The van der Waals surface area contributed by atoms with Gasteiger partial charge in [-0.2, -0.15) is 0 Å². The summed E-state index contributed by atoms with van der Waals surface area (Å²) in [5.74, 6) is -0.804. The van der Waals surface area contributed by atoms with Crippen molar-refractivity contribution in [3.63, 3.8) is 0 Å². The fourth-order valence-corrected chi connectivity index (χ4v) is 5.27. The molecule has 1 aromatic carbocycles. The summed E-state index contributed by atoms with van der Waals surface area (Å²) in [6.07, 6.45) is 4.02. The summed E-state index contributed by atoms with van der Waals surface area (Å²) in [5.41, 5.74) is -0.204. The van der Waals surface area contributed by atoms with Crippen LogP contribution in [-0.4, -0.2) is 68.3 Å². The fraction of sp³-hybridized carbons (Fsp3) is 0.679. The molecular formula is C28H45N3O7S. The minimum Gasteiger partial charge on any atom is -0.494 e. The summed E-state index contributed by atoms with van der Waals surface area (Å²) < 4.78 is 37.9. The molecule has 1 heterocycles. The second kappa shape index (κ2) is 14.6. The molecule has 39 heavy (non-hydrogen) atoms. The lowest BCUT2D eigenvalue weighted by molar-refractivity contribution is -0.123. The number of ether oxygens (including phenoxy) is 2. The Hall–Kier alpha value is -2.66. The van der Waals surface area contributed by atoms with Gasteiger partial charge in [-0.3, -0.25) is 14.9 Å². The minimum atomic E-state index is -3.50. The van der Waals surface area contributed by atoms with Gasteiger partial charge in [0.1, 0.15) is 11.4 Å². The smallest absolute Gasteiger partial charge is 0.410 e. The van der Waals surface area contributed by atoms with Crippen LogP contribution in [0.5, 0.6) is 5.75 Å². The summed E-state index contributed by atoms with van der Waals surface area (Å²) in [7, 11) is -3.50. The normalized spacial score (nSPS) is 17.7. The number of hydrogen-bond acceptors (Lipinski definition) is 7. The summed E-state index contributed by atoms with van der Waals surface area (Å²) in [6.45, 7) is 12.4. The standard InChI is InChI=1S/C28H45N3O7S/c1-7-21(3)39(35,36)29-18-20(2)25(32)30-26(33)23-12-14-24(15-13-23)37-17-9-11-22-10-8-16-31(19-22)27(34)38-28(4,5)6/h12-15,20-22,29H,7-11,16-19H2,1-6H3,(H,30,32,33)/t20?,21-,22?/m0/s1. The van der Waals surface area contributed by atoms with Gasteiger partial charge in [0.15, 0.2) is 0 Å².